The average molecular weight is 212 g/mol. The van der Waals surface area contributed by atoms with Crippen LogP contribution in [0.2, 0.25) is 0 Å². The highest BCUT2D eigenvalue weighted by molar-refractivity contribution is 5.11. The summed E-state index contributed by atoms with van der Waals surface area (Å²) in [7, 11) is 0. The van der Waals surface area contributed by atoms with Crippen molar-refractivity contribution >= 4 is 0 Å². The molecule has 3 heteroatoms. The lowest BCUT2D eigenvalue weighted by atomic mass is 10.00. The maximum absolute atomic E-state index is 9.74. The summed E-state index contributed by atoms with van der Waals surface area (Å²) in [5, 5.41) is 9.74. The zero-order valence-electron chi connectivity index (χ0n) is 9.69. The van der Waals surface area contributed by atoms with Crippen LogP contribution < -0.4 is 0 Å². The number of hydrogen-bond donors (Lipinski definition) is 1. The van der Waals surface area contributed by atoms with Crippen LogP contribution in [0.1, 0.15) is 27.2 Å². The molecule has 0 saturated carbocycles. The van der Waals surface area contributed by atoms with Crippen molar-refractivity contribution in [2.75, 3.05) is 0 Å². The summed E-state index contributed by atoms with van der Waals surface area (Å²) in [6.07, 6.45) is 0.901. The number of aliphatic hydroxyl groups is 1. The molecule has 1 saturated heterocycles. The number of hydrogen-bond acceptors (Lipinski definition) is 3. The van der Waals surface area contributed by atoms with Crippen LogP contribution in [-0.2, 0) is 9.47 Å². The lowest BCUT2D eigenvalue weighted by molar-refractivity contribution is -0.150. The van der Waals surface area contributed by atoms with Crippen LogP contribution in [0.5, 0.6) is 0 Å². The van der Waals surface area contributed by atoms with Gasteiger partial charge in [0.15, 0.2) is 5.79 Å². The second-order valence-electron chi connectivity index (χ2n) is 4.26. The summed E-state index contributed by atoms with van der Waals surface area (Å²) in [6.45, 7) is 13.2. The Morgan fingerprint density at radius 2 is 2.13 bits per heavy atom. The van der Waals surface area contributed by atoms with Crippen molar-refractivity contribution in [3.8, 4) is 0 Å². The molecule has 1 aliphatic rings. The fraction of sp³-hybridized carbons (Fsp3) is 0.667. The average Bonchev–Trinajstić information content (AvgIpc) is 2.52. The first kappa shape index (κ1) is 12.4. The summed E-state index contributed by atoms with van der Waals surface area (Å²) in [6, 6.07) is 0. The van der Waals surface area contributed by atoms with Gasteiger partial charge in [0.05, 0.1) is 0 Å². The maximum Gasteiger partial charge on any atom is 0.164 e. The summed E-state index contributed by atoms with van der Waals surface area (Å²) >= 11 is 0. The minimum atomic E-state index is -0.722. The van der Waals surface area contributed by atoms with Crippen LogP contribution in [-0.4, -0.2) is 29.2 Å². The molecule has 1 N–H and O–H groups in total. The molecule has 0 radical (unpaired) electrons. The zero-order chi connectivity index (χ0) is 11.6. The quantitative estimate of drug-likeness (QED) is 0.725. The van der Waals surface area contributed by atoms with E-state index in [-0.39, 0.29) is 6.10 Å². The first-order valence-electron chi connectivity index (χ1n) is 5.25. The molecule has 3 atom stereocenters. The van der Waals surface area contributed by atoms with E-state index in [9.17, 15) is 5.11 Å². The molecule has 0 spiro atoms. The molecule has 3 nitrogen and oxygen atoms in total. The molecule has 1 fully saturated rings. The normalized spacial score (nSPS) is 31.2. The van der Waals surface area contributed by atoms with Crippen molar-refractivity contribution in [3.63, 3.8) is 0 Å². The number of rotatable bonds is 4. The van der Waals surface area contributed by atoms with E-state index in [2.05, 4.69) is 13.2 Å². The minimum absolute atomic E-state index is 0.252. The number of ether oxygens (including phenoxy) is 2. The lowest BCUT2D eigenvalue weighted by Gasteiger charge is -2.20. The molecule has 0 amide bonds. The Bertz CT molecular complexity index is 258. The number of aliphatic hydroxyl groups excluding tert-OH is 1. The molecule has 1 unspecified atom stereocenters. The Balaban J connectivity index is 2.83. The van der Waals surface area contributed by atoms with Gasteiger partial charge in [0.2, 0.25) is 0 Å². The fourth-order valence-electron chi connectivity index (χ4n) is 1.69. The zero-order valence-corrected chi connectivity index (χ0v) is 9.69. The molecule has 15 heavy (non-hydrogen) atoms. The summed E-state index contributed by atoms with van der Waals surface area (Å²) in [5.41, 5.74) is 0.937. The fourth-order valence-corrected chi connectivity index (χ4v) is 1.69. The molecule has 1 heterocycles. The minimum Gasteiger partial charge on any atom is -0.386 e. The first-order valence-corrected chi connectivity index (χ1v) is 5.25. The van der Waals surface area contributed by atoms with E-state index in [1.807, 2.05) is 20.8 Å². The van der Waals surface area contributed by atoms with Gasteiger partial charge in [0.1, 0.15) is 18.3 Å². The lowest BCUT2D eigenvalue weighted by Crippen LogP contribution is -2.34. The van der Waals surface area contributed by atoms with Gasteiger partial charge in [-0.05, 0) is 25.8 Å². The predicted molar refractivity (Wildman–Crippen MR) is 59.5 cm³/mol. The second kappa shape index (κ2) is 4.47. The highest BCUT2D eigenvalue weighted by Gasteiger charge is 2.44. The van der Waals surface area contributed by atoms with E-state index in [0.717, 1.165) is 12.0 Å². The molecule has 1 rings (SSSR count). The Kier molecular flexibility index (Phi) is 3.71. The second-order valence-corrected chi connectivity index (χ2v) is 4.26. The Labute approximate surface area is 91.4 Å². The van der Waals surface area contributed by atoms with Gasteiger partial charge in [-0.2, -0.15) is 0 Å². The van der Waals surface area contributed by atoms with Gasteiger partial charge >= 0.3 is 0 Å². The van der Waals surface area contributed by atoms with Crippen molar-refractivity contribution in [1.82, 2.24) is 0 Å². The summed E-state index contributed by atoms with van der Waals surface area (Å²) < 4.78 is 11.3. The molecule has 86 valence electrons. The van der Waals surface area contributed by atoms with Crippen LogP contribution in [0.25, 0.3) is 0 Å². The van der Waals surface area contributed by atoms with E-state index in [4.69, 9.17) is 9.47 Å². The van der Waals surface area contributed by atoms with Gasteiger partial charge in [-0.1, -0.05) is 19.6 Å². The maximum atomic E-state index is 9.74. The third-order valence-electron chi connectivity index (χ3n) is 2.56. The highest BCUT2D eigenvalue weighted by atomic mass is 16.8. The smallest absolute Gasteiger partial charge is 0.164 e. The molecule has 0 aromatic heterocycles. The van der Waals surface area contributed by atoms with Crippen LogP contribution in [0.4, 0.5) is 0 Å². The topological polar surface area (TPSA) is 38.7 Å². The SMILES string of the molecule is C=CC(O)[C@@H]1OC(C)(C)O[C@@H]1C(=C)CC. The Hall–Kier alpha value is -0.640. The van der Waals surface area contributed by atoms with Gasteiger partial charge in [-0.25, -0.2) is 0 Å². The Morgan fingerprint density at radius 1 is 1.53 bits per heavy atom. The molecule has 0 bridgehead atoms. The van der Waals surface area contributed by atoms with E-state index in [1.54, 1.807) is 0 Å². The van der Waals surface area contributed by atoms with E-state index in [0.29, 0.717) is 0 Å². The van der Waals surface area contributed by atoms with E-state index < -0.39 is 18.0 Å². The Morgan fingerprint density at radius 3 is 2.60 bits per heavy atom. The standard InChI is InChI=1S/C12H20O3/c1-6-8(3)10-11(9(13)7-2)15-12(4,5)14-10/h7,9-11,13H,2-3,6H2,1,4-5H3/t9?,10-,11+/m1/s1. The highest BCUT2D eigenvalue weighted by Crippen LogP contribution is 2.34. The first-order chi connectivity index (χ1) is 6.91. The van der Waals surface area contributed by atoms with Crippen LogP contribution in [0.3, 0.4) is 0 Å². The van der Waals surface area contributed by atoms with Crippen LogP contribution in [0, 0.1) is 0 Å². The third kappa shape index (κ3) is 2.68. The monoisotopic (exact) mass is 212 g/mol. The molecular weight excluding hydrogens is 192 g/mol. The molecular formula is C12H20O3. The summed E-state index contributed by atoms with van der Waals surface area (Å²) in [5.74, 6) is -0.669. The van der Waals surface area contributed by atoms with Gasteiger partial charge in [-0.15, -0.1) is 6.58 Å². The van der Waals surface area contributed by atoms with Crippen molar-refractivity contribution in [2.45, 2.75) is 51.3 Å². The van der Waals surface area contributed by atoms with Gasteiger partial charge in [-0.3, -0.25) is 0 Å². The van der Waals surface area contributed by atoms with Crippen molar-refractivity contribution in [2.24, 2.45) is 0 Å². The van der Waals surface area contributed by atoms with Gasteiger partial charge in [0.25, 0.3) is 0 Å². The molecule has 0 aromatic rings. The summed E-state index contributed by atoms with van der Waals surface area (Å²) in [4.78, 5) is 0. The van der Waals surface area contributed by atoms with Crippen molar-refractivity contribution in [3.05, 3.63) is 24.8 Å². The van der Waals surface area contributed by atoms with E-state index in [1.165, 1.54) is 6.08 Å². The largest absolute Gasteiger partial charge is 0.386 e. The van der Waals surface area contributed by atoms with Crippen LogP contribution in [0.15, 0.2) is 24.8 Å². The van der Waals surface area contributed by atoms with E-state index >= 15 is 0 Å². The molecule has 0 aliphatic carbocycles. The predicted octanol–water partition coefficient (Wildman–Crippen LogP) is 2.02. The molecule has 1 aliphatic heterocycles. The van der Waals surface area contributed by atoms with Gasteiger partial charge in [0, 0.05) is 0 Å². The van der Waals surface area contributed by atoms with Gasteiger partial charge < -0.3 is 14.6 Å². The molecule has 0 aromatic carbocycles. The van der Waals surface area contributed by atoms with Crippen LogP contribution >= 0.6 is 0 Å². The third-order valence-corrected chi connectivity index (χ3v) is 2.56. The van der Waals surface area contributed by atoms with Crippen molar-refractivity contribution in [1.29, 1.82) is 0 Å². The van der Waals surface area contributed by atoms with Crippen molar-refractivity contribution < 1.29 is 14.6 Å².